The van der Waals surface area contributed by atoms with Gasteiger partial charge >= 0.3 is 0 Å². The molecule has 0 fully saturated rings. The van der Waals surface area contributed by atoms with Gasteiger partial charge in [0.05, 0.1) is 28.2 Å². The van der Waals surface area contributed by atoms with Crippen molar-refractivity contribution in [3.05, 3.63) is 52.6 Å². The molecule has 0 spiro atoms. The van der Waals surface area contributed by atoms with Crippen LogP contribution in [0.4, 0.5) is 5.69 Å². The number of nitrogens with one attached hydrogen (secondary N) is 2. The van der Waals surface area contributed by atoms with Gasteiger partial charge in [0.2, 0.25) is 0 Å². The van der Waals surface area contributed by atoms with Gasteiger partial charge in [-0.3, -0.25) is 14.8 Å². The fraction of sp³-hybridized carbons (Fsp3) is 0.154. The maximum atomic E-state index is 12.1. The second-order valence-electron chi connectivity index (χ2n) is 4.35. The molecule has 0 saturated heterocycles. The summed E-state index contributed by atoms with van der Waals surface area (Å²) in [5, 5.41) is 6.33. The second-order valence-corrected chi connectivity index (χ2v) is 4.76. The van der Waals surface area contributed by atoms with Crippen molar-refractivity contribution in [1.82, 2.24) is 15.3 Å². The summed E-state index contributed by atoms with van der Waals surface area (Å²) in [6.45, 7) is 1.97. The Labute approximate surface area is 115 Å². The van der Waals surface area contributed by atoms with Gasteiger partial charge in [0.15, 0.2) is 0 Å². The molecule has 1 aliphatic heterocycles. The van der Waals surface area contributed by atoms with Crippen LogP contribution in [-0.2, 0) is 0 Å². The summed E-state index contributed by atoms with van der Waals surface area (Å²) in [5.74, 6) is -0.227. The molecule has 2 aromatic rings. The predicted octanol–water partition coefficient (Wildman–Crippen LogP) is 2.29. The first kappa shape index (κ1) is 11.9. The molecule has 1 amide bonds. The molecule has 5 nitrogen and oxygen atoms in total. The van der Waals surface area contributed by atoms with Gasteiger partial charge in [0, 0.05) is 12.4 Å². The summed E-state index contributed by atoms with van der Waals surface area (Å²) in [4.78, 5) is 20.3. The lowest BCUT2D eigenvalue weighted by Gasteiger charge is -2.27. The van der Waals surface area contributed by atoms with Crippen LogP contribution >= 0.6 is 11.6 Å². The van der Waals surface area contributed by atoms with Crippen molar-refractivity contribution in [3.8, 4) is 0 Å². The lowest BCUT2D eigenvalue weighted by Crippen LogP contribution is -2.39. The van der Waals surface area contributed by atoms with Gasteiger partial charge in [-0.2, -0.15) is 0 Å². The first-order valence-electron chi connectivity index (χ1n) is 5.78. The molecule has 6 heteroatoms. The highest BCUT2D eigenvalue weighted by Gasteiger charge is 2.27. The Hall–Kier alpha value is -2.14. The van der Waals surface area contributed by atoms with E-state index in [9.17, 15) is 4.79 Å². The van der Waals surface area contributed by atoms with Crippen LogP contribution < -0.4 is 10.6 Å². The molecule has 96 valence electrons. The van der Waals surface area contributed by atoms with Crippen molar-refractivity contribution in [3.63, 3.8) is 0 Å². The Morgan fingerprint density at radius 3 is 2.95 bits per heavy atom. The molecule has 2 N–H and O–H groups in total. The number of nitrogens with zero attached hydrogens (tertiary/aromatic N) is 2. The number of aromatic nitrogens is 2. The number of carbonyl (C=O) groups excluding carboxylic acids is 1. The smallest absolute Gasteiger partial charge is 0.256 e. The quantitative estimate of drug-likeness (QED) is 0.837. The molecule has 0 aromatic carbocycles. The number of halogens is 1. The third-order valence-electron chi connectivity index (χ3n) is 2.93. The van der Waals surface area contributed by atoms with Crippen LogP contribution in [0.25, 0.3) is 0 Å². The number of carbonyl (C=O) groups is 1. The summed E-state index contributed by atoms with van der Waals surface area (Å²) in [6.07, 6.45) is 4.38. The SMILES string of the molecule is Cc1ccnc(C2NC(=O)c3c(Cl)cncc3N2)c1. The second kappa shape index (κ2) is 4.51. The van der Waals surface area contributed by atoms with Crippen molar-refractivity contribution < 1.29 is 4.79 Å². The summed E-state index contributed by atoms with van der Waals surface area (Å²) >= 11 is 5.98. The van der Waals surface area contributed by atoms with Crippen molar-refractivity contribution >= 4 is 23.2 Å². The number of aryl methyl sites for hydroxylation is 1. The summed E-state index contributed by atoms with van der Waals surface area (Å²) in [6, 6.07) is 3.82. The normalized spacial score (nSPS) is 17.4. The fourth-order valence-electron chi connectivity index (χ4n) is 2.04. The highest BCUT2D eigenvalue weighted by Crippen LogP contribution is 2.29. The molecule has 2 aromatic heterocycles. The average Bonchev–Trinajstić information content (AvgIpc) is 2.38. The number of anilines is 1. The highest BCUT2D eigenvalue weighted by atomic mass is 35.5. The summed E-state index contributed by atoms with van der Waals surface area (Å²) < 4.78 is 0. The van der Waals surface area contributed by atoms with E-state index in [1.807, 2.05) is 19.1 Å². The monoisotopic (exact) mass is 274 g/mol. The van der Waals surface area contributed by atoms with Crippen molar-refractivity contribution in [2.24, 2.45) is 0 Å². The Bertz CT molecular complexity index is 659. The molecule has 0 bridgehead atoms. The molecule has 1 aliphatic rings. The largest absolute Gasteiger partial charge is 0.358 e. The van der Waals surface area contributed by atoms with E-state index in [4.69, 9.17) is 11.6 Å². The van der Waals surface area contributed by atoms with Gasteiger partial charge in [-0.25, -0.2) is 0 Å². The van der Waals surface area contributed by atoms with Gasteiger partial charge < -0.3 is 10.6 Å². The van der Waals surface area contributed by atoms with Crippen LogP contribution in [0, 0.1) is 6.92 Å². The Morgan fingerprint density at radius 2 is 2.16 bits per heavy atom. The number of amides is 1. The number of hydrogen-bond acceptors (Lipinski definition) is 4. The lowest BCUT2D eigenvalue weighted by atomic mass is 10.1. The van der Waals surface area contributed by atoms with Crippen molar-refractivity contribution in [1.29, 1.82) is 0 Å². The van der Waals surface area contributed by atoms with E-state index in [2.05, 4.69) is 20.6 Å². The number of pyridine rings is 2. The van der Waals surface area contributed by atoms with Gasteiger partial charge in [-0.1, -0.05) is 11.6 Å². The molecule has 19 heavy (non-hydrogen) atoms. The zero-order valence-corrected chi connectivity index (χ0v) is 10.9. The third-order valence-corrected chi connectivity index (χ3v) is 3.22. The van der Waals surface area contributed by atoms with E-state index >= 15 is 0 Å². The van der Waals surface area contributed by atoms with Crippen LogP contribution in [0.3, 0.4) is 0 Å². The highest BCUT2D eigenvalue weighted by molar-refractivity contribution is 6.34. The van der Waals surface area contributed by atoms with Gasteiger partial charge in [0.1, 0.15) is 6.17 Å². The summed E-state index contributed by atoms with van der Waals surface area (Å²) in [7, 11) is 0. The van der Waals surface area contributed by atoms with E-state index < -0.39 is 0 Å². The maximum Gasteiger partial charge on any atom is 0.256 e. The Kier molecular flexibility index (Phi) is 2.83. The minimum Gasteiger partial charge on any atom is -0.358 e. The van der Waals surface area contributed by atoms with Crippen molar-refractivity contribution in [2.75, 3.05) is 5.32 Å². The average molecular weight is 275 g/mol. The van der Waals surface area contributed by atoms with Crippen LogP contribution in [-0.4, -0.2) is 15.9 Å². The van der Waals surface area contributed by atoms with Crippen LogP contribution in [0.15, 0.2) is 30.7 Å². The minimum absolute atomic E-state index is 0.227. The van der Waals surface area contributed by atoms with Crippen LogP contribution in [0.5, 0.6) is 0 Å². The van der Waals surface area contributed by atoms with Crippen LogP contribution in [0.2, 0.25) is 5.02 Å². The molecular weight excluding hydrogens is 264 g/mol. The summed E-state index contributed by atoms with van der Waals surface area (Å²) in [5.41, 5.74) is 2.86. The molecule has 1 unspecified atom stereocenters. The molecule has 0 radical (unpaired) electrons. The van der Waals surface area contributed by atoms with E-state index in [1.165, 1.54) is 6.20 Å². The Morgan fingerprint density at radius 1 is 1.32 bits per heavy atom. The topological polar surface area (TPSA) is 66.9 Å². The Balaban J connectivity index is 2.00. The third kappa shape index (κ3) is 2.13. The standard InChI is InChI=1S/C13H11ClN4O/c1-7-2-3-16-9(4-7)12-17-10-6-15-5-8(14)11(10)13(19)18-12/h2-6,12,17H,1H3,(H,18,19). The predicted molar refractivity (Wildman–Crippen MR) is 72.1 cm³/mol. The first-order chi connectivity index (χ1) is 9.15. The van der Waals surface area contributed by atoms with Gasteiger partial charge in [-0.05, 0) is 24.6 Å². The van der Waals surface area contributed by atoms with E-state index in [-0.39, 0.29) is 12.1 Å². The van der Waals surface area contributed by atoms with E-state index in [1.54, 1.807) is 12.4 Å². The molecule has 1 atom stereocenters. The van der Waals surface area contributed by atoms with Gasteiger partial charge in [0.25, 0.3) is 5.91 Å². The molecule has 0 saturated carbocycles. The minimum atomic E-state index is -0.375. The van der Waals surface area contributed by atoms with E-state index in [0.717, 1.165) is 11.3 Å². The zero-order chi connectivity index (χ0) is 13.4. The van der Waals surface area contributed by atoms with E-state index in [0.29, 0.717) is 16.3 Å². The maximum absolute atomic E-state index is 12.1. The van der Waals surface area contributed by atoms with Crippen LogP contribution in [0.1, 0.15) is 27.8 Å². The van der Waals surface area contributed by atoms with Gasteiger partial charge in [-0.15, -0.1) is 0 Å². The first-order valence-corrected chi connectivity index (χ1v) is 6.16. The lowest BCUT2D eigenvalue weighted by molar-refractivity contribution is 0.0935. The fourth-order valence-corrected chi connectivity index (χ4v) is 2.28. The molecular formula is C13H11ClN4O. The molecule has 3 rings (SSSR count). The molecule has 0 aliphatic carbocycles. The van der Waals surface area contributed by atoms with Crippen molar-refractivity contribution in [2.45, 2.75) is 13.1 Å². The number of fused-ring (bicyclic) bond motifs is 1. The zero-order valence-electron chi connectivity index (χ0n) is 10.1. The number of hydrogen-bond donors (Lipinski definition) is 2. The molecule has 3 heterocycles. The number of rotatable bonds is 1.